The highest BCUT2D eigenvalue weighted by Crippen LogP contribution is 2.32. The van der Waals surface area contributed by atoms with Crippen LogP contribution in [0.3, 0.4) is 0 Å². The Morgan fingerprint density at radius 2 is 1.87 bits per heavy atom. The molecule has 30 heavy (non-hydrogen) atoms. The van der Waals surface area contributed by atoms with Gasteiger partial charge in [0.1, 0.15) is 37.2 Å². The van der Waals surface area contributed by atoms with Crippen LogP contribution >= 0.6 is 11.3 Å². The summed E-state index contributed by atoms with van der Waals surface area (Å²) in [6.07, 6.45) is 6.97. The number of ketones is 1. The van der Waals surface area contributed by atoms with Crippen molar-refractivity contribution in [3.63, 3.8) is 0 Å². The lowest BCUT2D eigenvalue weighted by molar-refractivity contribution is -0.767. The van der Waals surface area contributed by atoms with Gasteiger partial charge in [-0.1, -0.05) is 30.4 Å². The van der Waals surface area contributed by atoms with Gasteiger partial charge in [0.15, 0.2) is 11.3 Å². The first kappa shape index (κ1) is 22.4. The third kappa shape index (κ3) is 4.12. The highest BCUT2D eigenvalue weighted by molar-refractivity contribution is 7.10. The van der Waals surface area contributed by atoms with Gasteiger partial charge in [0.25, 0.3) is 5.91 Å². The zero-order chi connectivity index (χ0) is 21.9. The lowest BCUT2D eigenvalue weighted by Gasteiger charge is -2.37. The van der Waals surface area contributed by atoms with Crippen molar-refractivity contribution in [2.45, 2.75) is 24.0 Å². The number of hydrogen-bond acceptors (Lipinski definition) is 7. The minimum atomic E-state index is -1.26. The molecule has 2 heterocycles. The summed E-state index contributed by atoms with van der Waals surface area (Å²) in [5.41, 5.74) is -1.50. The Labute approximate surface area is 178 Å². The number of nitrogens with zero attached hydrogens (tertiary/aromatic N) is 1. The summed E-state index contributed by atoms with van der Waals surface area (Å²) in [4.78, 5) is 28.1. The molecule has 1 fully saturated rings. The third-order valence-electron chi connectivity index (χ3n) is 5.75. The molecule has 3 rings (SSSR count). The predicted molar refractivity (Wildman–Crippen MR) is 111 cm³/mol. The highest BCUT2D eigenvalue weighted by Gasteiger charge is 2.44. The molecule has 1 aliphatic carbocycles. The second-order valence-corrected chi connectivity index (χ2v) is 8.70. The van der Waals surface area contributed by atoms with Crippen LogP contribution in [-0.2, 0) is 9.59 Å². The van der Waals surface area contributed by atoms with E-state index in [1.807, 2.05) is 17.5 Å². The number of thiophene rings is 1. The minimum absolute atomic E-state index is 0.0696. The molecule has 1 saturated heterocycles. The molecule has 9 heteroatoms. The van der Waals surface area contributed by atoms with E-state index in [-0.39, 0.29) is 23.8 Å². The van der Waals surface area contributed by atoms with E-state index in [1.54, 1.807) is 36.7 Å². The molecule has 0 aromatic carbocycles. The van der Waals surface area contributed by atoms with Crippen LogP contribution < -0.4 is 5.32 Å². The summed E-state index contributed by atoms with van der Waals surface area (Å²) in [6, 6.07) is 2.74. The van der Waals surface area contributed by atoms with E-state index in [0.29, 0.717) is 0 Å². The Bertz CT molecular complexity index is 864. The topological polar surface area (TPSA) is 135 Å². The Morgan fingerprint density at radius 3 is 2.47 bits per heavy atom. The van der Waals surface area contributed by atoms with E-state index < -0.39 is 49.0 Å². The summed E-state index contributed by atoms with van der Waals surface area (Å²) in [6.45, 7) is -1.46. The number of aliphatic hydroxyl groups excluding tert-OH is 4. The van der Waals surface area contributed by atoms with E-state index in [4.69, 9.17) is 0 Å². The largest absolute Gasteiger partial charge is 0.511 e. The van der Waals surface area contributed by atoms with Gasteiger partial charge in [0, 0.05) is 7.05 Å². The zero-order valence-corrected chi connectivity index (χ0v) is 17.5. The van der Waals surface area contributed by atoms with Crippen LogP contribution in [0, 0.1) is 5.92 Å². The number of likely N-dealkylation sites (N-methyl/N-ethyl adjacent to an activating group) is 1. The van der Waals surface area contributed by atoms with Crippen LogP contribution in [-0.4, -0.2) is 75.5 Å². The molecule has 1 amide bonds. The Balaban J connectivity index is 1.94. The van der Waals surface area contributed by atoms with Crippen molar-refractivity contribution in [1.82, 2.24) is 4.90 Å². The number of fused-ring (bicyclic) bond motifs is 1. The lowest BCUT2D eigenvalue weighted by atomic mass is 9.81. The minimum Gasteiger partial charge on any atom is -0.511 e. The Hall–Kier alpha value is -2.30. The summed E-state index contributed by atoms with van der Waals surface area (Å²) >= 11 is 1.40. The number of quaternary nitrogens is 1. The first-order chi connectivity index (χ1) is 14.4. The second-order valence-electron chi connectivity index (χ2n) is 7.72. The fourth-order valence-electron chi connectivity index (χ4n) is 3.85. The predicted octanol–water partition coefficient (Wildman–Crippen LogP) is -0.578. The lowest BCUT2D eigenvalue weighted by Crippen LogP contribution is -3.00. The molecule has 0 saturated carbocycles. The molecule has 8 nitrogen and oxygen atoms in total. The summed E-state index contributed by atoms with van der Waals surface area (Å²) in [7, 11) is 1.60. The monoisotopic (exact) mass is 435 g/mol. The van der Waals surface area contributed by atoms with Crippen LogP contribution in [0.1, 0.15) is 17.3 Å². The summed E-state index contributed by atoms with van der Waals surface area (Å²) < 4.78 is 0. The molecule has 1 aromatic heterocycles. The second kappa shape index (κ2) is 9.23. The van der Waals surface area contributed by atoms with Crippen molar-refractivity contribution in [1.29, 1.82) is 0 Å². The van der Waals surface area contributed by atoms with Crippen LogP contribution in [0.5, 0.6) is 0 Å². The van der Waals surface area contributed by atoms with Crippen LogP contribution in [0.25, 0.3) is 0 Å². The van der Waals surface area contributed by atoms with E-state index in [2.05, 4.69) is 0 Å². The smallest absolute Gasteiger partial charge is 0.261 e. The van der Waals surface area contributed by atoms with Gasteiger partial charge in [-0.3, -0.25) is 9.59 Å². The molecule has 0 unspecified atom stereocenters. The average molecular weight is 436 g/mol. The van der Waals surface area contributed by atoms with Crippen LogP contribution in [0.4, 0.5) is 0 Å². The summed E-state index contributed by atoms with van der Waals surface area (Å²) in [5, 5.41) is 43.4. The van der Waals surface area contributed by atoms with Gasteiger partial charge in [-0.25, -0.2) is 0 Å². The fourth-order valence-corrected chi connectivity index (χ4v) is 4.64. The normalized spacial score (nSPS) is 24.2. The van der Waals surface area contributed by atoms with Gasteiger partial charge in [0.05, 0.1) is 23.3 Å². The molecule has 2 aliphatic rings. The Morgan fingerprint density at radius 1 is 1.20 bits per heavy atom. The number of amides is 1. The third-order valence-corrected chi connectivity index (χ3v) is 6.75. The fraction of sp³-hybridized carbons (Fsp3) is 0.429. The van der Waals surface area contributed by atoms with Crippen LogP contribution in [0.2, 0.25) is 0 Å². The van der Waals surface area contributed by atoms with Crippen molar-refractivity contribution in [2.75, 3.05) is 26.9 Å². The van der Waals surface area contributed by atoms with Crippen molar-refractivity contribution < 1.29 is 35.3 Å². The maximum absolute atomic E-state index is 13.0. The van der Waals surface area contributed by atoms with E-state index in [1.165, 1.54) is 16.2 Å². The van der Waals surface area contributed by atoms with Crippen molar-refractivity contribution in [3.8, 4) is 0 Å². The maximum Gasteiger partial charge on any atom is 0.261 e. The first-order valence-corrected chi connectivity index (χ1v) is 10.6. The summed E-state index contributed by atoms with van der Waals surface area (Å²) in [5.74, 6) is -1.86. The van der Waals surface area contributed by atoms with E-state index in [9.17, 15) is 30.0 Å². The molecule has 0 spiro atoms. The van der Waals surface area contributed by atoms with Gasteiger partial charge in [-0.15, -0.1) is 11.3 Å². The first-order valence-electron chi connectivity index (χ1n) is 9.68. The molecule has 162 valence electrons. The molecule has 1 aliphatic heterocycles. The van der Waals surface area contributed by atoms with E-state index in [0.717, 1.165) is 4.88 Å². The quantitative estimate of drug-likeness (QED) is 0.211. The van der Waals surface area contributed by atoms with E-state index >= 15 is 0 Å². The molecule has 1 aromatic rings. The number of Topliss-reactive ketones (excluding diaryl/α,β-unsaturated/α-hetero) is 1. The number of nitrogens with two attached hydrogens (primary N) is 1. The standard InChI is InChI=1S/C21H26N2O6S/c1-23-15-6-3-2-5-13(15)19(28)18(20(23)29)16(27)9-14(17-7-4-8-30-17)22-21(10-24,11-25)12-26/h2-8,13-15,22,24-27H,9-12H2,1H3/p+1/b18-16+/t13-,14-,15+/m0/s1. The van der Waals surface area contributed by atoms with Gasteiger partial charge in [0.2, 0.25) is 0 Å². The van der Waals surface area contributed by atoms with Gasteiger partial charge < -0.3 is 30.6 Å². The number of likely N-dealkylation sites (tertiary alicyclic amines) is 1. The number of piperidine rings is 1. The maximum atomic E-state index is 13.0. The number of hydrogen-bond donors (Lipinski definition) is 5. The van der Waals surface area contributed by atoms with Crippen molar-refractivity contribution in [2.24, 2.45) is 5.92 Å². The number of allylic oxidation sites excluding steroid dienone is 2. The molecule has 0 bridgehead atoms. The molecule has 0 radical (unpaired) electrons. The van der Waals surface area contributed by atoms with Gasteiger partial charge in [-0.05, 0) is 11.4 Å². The Kier molecular flexibility index (Phi) is 6.89. The van der Waals surface area contributed by atoms with Gasteiger partial charge in [-0.2, -0.15) is 0 Å². The number of carbonyl (C=O) groups is 2. The SMILES string of the molecule is CN1C(=O)/C(=C(/O)C[C@H]([NH2+]C(CO)(CO)CO)c2cccs2)C(=O)[C@H]2C=CC=C[C@H]21. The number of aliphatic hydroxyl groups is 4. The van der Waals surface area contributed by atoms with Gasteiger partial charge >= 0.3 is 0 Å². The number of carbonyl (C=O) groups excluding carboxylic acids is 2. The molecule has 6 N–H and O–H groups in total. The molecular weight excluding hydrogens is 408 g/mol. The molecular formula is C21H27N2O6S+. The van der Waals surface area contributed by atoms with Crippen molar-refractivity contribution in [3.05, 3.63) is 58.0 Å². The number of rotatable bonds is 8. The van der Waals surface area contributed by atoms with Crippen molar-refractivity contribution >= 4 is 23.0 Å². The zero-order valence-electron chi connectivity index (χ0n) is 16.6. The van der Waals surface area contributed by atoms with Crippen LogP contribution in [0.15, 0.2) is 53.1 Å². The average Bonchev–Trinajstić information content (AvgIpc) is 3.30. The highest BCUT2D eigenvalue weighted by atomic mass is 32.1. The molecule has 3 atom stereocenters.